The van der Waals surface area contributed by atoms with E-state index in [0.29, 0.717) is 18.9 Å². The van der Waals surface area contributed by atoms with Crippen molar-refractivity contribution >= 4 is 42.1 Å². The standard InChI is InChI=1S/C16H22FN3O2.2ClH/c17-12-9-13(19-16(21)15-3-1-2-4-18-15)11-14(10-12)20-5-7-22-8-6-20;;/h9-11,15,18H,1-8H2,(H,19,21);2*1H/t15-;;/m1../s1. The highest BCUT2D eigenvalue weighted by Crippen LogP contribution is 2.23. The van der Waals surface area contributed by atoms with E-state index in [1.165, 1.54) is 12.1 Å². The van der Waals surface area contributed by atoms with Gasteiger partial charge in [0.1, 0.15) is 5.82 Å². The number of amides is 1. The topological polar surface area (TPSA) is 53.6 Å². The molecular weight excluding hydrogens is 356 g/mol. The van der Waals surface area contributed by atoms with Crippen molar-refractivity contribution in [2.24, 2.45) is 0 Å². The third-order valence-electron chi connectivity index (χ3n) is 4.15. The summed E-state index contributed by atoms with van der Waals surface area (Å²) < 4.78 is 19.2. The Kier molecular flexibility index (Phi) is 8.76. The van der Waals surface area contributed by atoms with Crippen molar-refractivity contribution in [1.82, 2.24) is 5.32 Å². The van der Waals surface area contributed by atoms with Gasteiger partial charge >= 0.3 is 0 Å². The minimum absolute atomic E-state index is 0. The van der Waals surface area contributed by atoms with Crippen molar-refractivity contribution in [3.8, 4) is 0 Å². The van der Waals surface area contributed by atoms with Gasteiger partial charge in [-0.15, -0.1) is 24.8 Å². The van der Waals surface area contributed by atoms with Gasteiger partial charge in [-0.3, -0.25) is 4.79 Å². The monoisotopic (exact) mass is 379 g/mol. The Morgan fingerprint density at radius 1 is 1.21 bits per heavy atom. The van der Waals surface area contributed by atoms with Crippen LogP contribution < -0.4 is 15.5 Å². The van der Waals surface area contributed by atoms with E-state index in [1.54, 1.807) is 0 Å². The first-order valence-electron chi connectivity index (χ1n) is 7.90. The van der Waals surface area contributed by atoms with Crippen LogP contribution in [0.4, 0.5) is 15.8 Å². The van der Waals surface area contributed by atoms with E-state index in [9.17, 15) is 9.18 Å². The van der Waals surface area contributed by atoms with Crippen molar-refractivity contribution in [2.45, 2.75) is 25.3 Å². The van der Waals surface area contributed by atoms with Gasteiger partial charge in [-0.2, -0.15) is 0 Å². The Labute approximate surface area is 154 Å². The van der Waals surface area contributed by atoms with Crippen molar-refractivity contribution in [1.29, 1.82) is 0 Å². The average Bonchev–Trinajstić information content (AvgIpc) is 2.56. The van der Waals surface area contributed by atoms with E-state index >= 15 is 0 Å². The SMILES string of the molecule is Cl.Cl.O=C(Nc1cc(F)cc(N2CCOCC2)c1)[C@H]1CCCCN1. The number of hydrogen-bond donors (Lipinski definition) is 2. The predicted octanol–water partition coefficient (Wildman–Crippen LogP) is 2.59. The van der Waals surface area contributed by atoms with Gasteiger partial charge in [-0.25, -0.2) is 4.39 Å². The molecule has 1 amide bonds. The molecule has 24 heavy (non-hydrogen) atoms. The summed E-state index contributed by atoms with van der Waals surface area (Å²) in [6.45, 7) is 3.62. The van der Waals surface area contributed by atoms with Crippen LogP contribution in [0.1, 0.15) is 19.3 Å². The van der Waals surface area contributed by atoms with Crippen LogP contribution in [0.3, 0.4) is 0 Å². The fourth-order valence-electron chi connectivity index (χ4n) is 2.96. The average molecular weight is 380 g/mol. The molecule has 0 unspecified atom stereocenters. The molecule has 2 saturated heterocycles. The second kappa shape index (κ2) is 10.0. The Hall–Kier alpha value is -1.08. The van der Waals surface area contributed by atoms with Crippen LogP contribution in [0.15, 0.2) is 18.2 Å². The van der Waals surface area contributed by atoms with Crippen LogP contribution in [0.5, 0.6) is 0 Å². The van der Waals surface area contributed by atoms with Gasteiger partial charge < -0.3 is 20.3 Å². The molecule has 0 radical (unpaired) electrons. The van der Waals surface area contributed by atoms with Crippen molar-refractivity contribution < 1.29 is 13.9 Å². The number of hydrogen-bond acceptors (Lipinski definition) is 4. The number of ether oxygens (including phenoxy) is 1. The lowest BCUT2D eigenvalue weighted by molar-refractivity contribution is -0.118. The second-order valence-corrected chi connectivity index (χ2v) is 5.79. The first-order chi connectivity index (χ1) is 10.7. The van der Waals surface area contributed by atoms with E-state index in [4.69, 9.17) is 4.74 Å². The maximum atomic E-state index is 13.9. The van der Waals surface area contributed by atoms with Gasteiger partial charge in [-0.1, -0.05) is 6.42 Å². The highest BCUT2D eigenvalue weighted by Gasteiger charge is 2.21. The number of halogens is 3. The smallest absolute Gasteiger partial charge is 0.241 e. The molecule has 2 aliphatic heterocycles. The minimum atomic E-state index is -0.337. The summed E-state index contributed by atoms with van der Waals surface area (Å²) in [4.78, 5) is 14.3. The molecule has 0 spiro atoms. The summed E-state index contributed by atoms with van der Waals surface area (Å²) in [5.41, 5.74) is 1.30. The fourth-order valence-corrected chi connectivity index (χ4v) is 2.96. The molecule has 0 bridgehead atoms. The van der Waals surface area contributed by atoms with Crippen LogP contribution in [-0.2, 0) is 9.53 Å². The molecular formula is C16H24Cl2FN3O2. The van der Waals surface area contributed by atoms with Crippen LogP contribution in [0, 0.1) is 5.82 Å². The lowest BCUT2D eigenvalue weighted by Crippen LogP contribution is -2.43. The molecule has 1 atom stereocenters. The number of piperidine rings is 1. The molecule has 5 nitrogen and oxygen atoms in total. The van der Waals surface area contributed by atoms with Gasteiger partial charge in [0.05, 0.1) is 19.3 Å². The molecule has 2 aliphatic rings. The third-order valence-corrected chi connectivity index (χ3v) is 4.15. The summed E-state index contributed by atoms with van der Waals surface area (Å²) in [6.07, 6.45) is 2.98. The quantitative estimate of drug-likeness (QED) is 0.847. The summed E-state index contributed by atoms with van der Waals surface area (Å²) >= 11 is 0. The molecule has 3 rings (SSSR count). The number of carbonyl (C=O) groups is 1. The summed E-state index contributed by atoms with van der Waals surface area (Å²) in [7, 11) is 0. The third kappa shape index (κ3) is 5.48. The summed E-state index contributed by atoms with van der Waals surface area (Å²) in [5, 5.41) is 6.03. The Morgan fingerprint density at radius 2 is 1.96 bits per heavy atom. The summed E-state index contributed by atoms with van der Waals surface area (Å²) in [5.74, 6) is -0.422. The number of benzene rings is 1. The van der Waals surface area contributed by atoms with Gasteiger partial charge in [0, 0.05) is 24.5 Å². The molecule has 0 aliphatic carbocycles. The van der Waals surface area contributed by atoms with Crippen molar-refractivity contribution in [3.05, 3.63) is 24.0 Å². The fraction of sp³-hybridized carbons (Fsp3) is 0.562. The van der Waals surface area contributed by atoms with E-state index in [2.05, 4.69) is 15.5 Å². The van der Waals surface area contributed by atoms with Crippen molar-refractivity contribution in [3.63, 3.8) is 0 Å². The van der Waals surface area contributed by atoms with E-state index in [0.717, 1.165) is 44.6 Å². The lowest BCUT2D eigenvalue weighted by Gasteiger charge is -2.29. The van der Waals surface area contributed by atoms with E-state index < -0.39 is 0 Å². The number of nitrogens with zero attached hydrogens (tertiary/aromatic N) is 1. The van der Waals surface area contributed by atoms with Crippen LogP contribution in [0.25, 0.3) is 0 Å². The van der Waals surface area contributed by atoms with Gasteiger partial charge in [-0.05, 0) is 37.6 Å². The van der Waals surface area contributed by atoms with Gasteiger partial charge in [0.2, 0.25) is 5.91 Å². The Balaban J connectivity index is 0.00000144. The second-order valence-electron chi connectivity index (χ2n) is 5.79. The zero-order valence-corrected chi connectivity index (χ0v) is 15.1. The number of anilines is 2. The van der Waals surface area contributed by atoms with Crippen LogP contribution >= 0.6 is 24.8 Å². The van der Waals surface area contributed by atoms with Crippen molar-refractivity contribution in [2.75, 3.05) is 43.1 Å². The number of nitrogens with one attached hydrogen (secondary N) is 2. The maximum Gasteiger partial charge on any atom is 0.241 e. The molecule has 2 fully saturated rings. The molecule has 1 aromatic carbocycles. The zero-order valence-electron chi connectivity index (χ0n) is 13.4. The molecule has 0 aromatic heterocycles. The molecule has 2 heterocycles. The first-order valence-corrected chi connectivity index (χ1v) is 7.90. The van der Waals surface area contributed by atoms with E-state index in [1.807, 2.05) is 6.07 Å². The van der Waals surface area contributed by atoms with Crippen LogP contribution in [-0.4, -0.2) is 44.8 Å². The number of rotatable bonds is 3. The molecule has 1 aromatic rings. The molecule has 136 valence electrons. The Bertz CT molecular complexity index is 536. The first kappa shape index (κ1) is 21.0. The maximum absolute atomic E-state index is 13.9. The largest absolute Gasteiger partial charge is 0.378 e. The lowest BCUT2D eigenvalue weighted by atomic mass is 10.0. The minimum Gasteiger partial charge on any atom is -0.378 e. The summed E-state index contributed by atoms with van der Waals surface area (Å²) in [6, 6.07) is 4.52. The molecule has 2 N–H and O–H groups in total. The molecule has 8 heteroatoms. The molecule has 0 saturated carbocycles. The number of morpholine rings is 1. The van der Waals surface area contributed by atoms with Gasteiger partial charge in [0.25, 0.3) is 0 Å². The highest BCUT2D eigenvalue weighted by atomic mass is 35.5. The van der Waals surface area contributed by atoms with E-state index in [-0.39, 0.29) is 42.6 Å². The van der Waals surface area contributed by atoms with Gasteiger partial charge in [0.15, 0.2) is 0 Å². The van der Waals surface area contributed by atoms with Crippen LogP contribution in [0.2, 0.25) is 0 Å². The zero-order chi connectivity index (χ0) is 15.4. The number of carbonyl (C=O) groups excluding carboxylic acids is 1. The highest BCUT2D eigenvalue weighted by molar-refractivity contribution is 5.95. The normalized spacial score (nSPS) is 20.5. The predicted molar refractivity (Wildman–Crippen MR) is 98.2 cm³/mol. The Morgan fingerprint density at radius 3 is 2.62 bits per heavy atom.